The van der Waals surface area contributed by atoms with Gasteiger partial charge in [-0.25, -0.2) is 0 Å². The maximum Gasteiger partial charge on any atom is 0.288 e. The van der Waals surface area contributed by atoms with E-state index in [1.807, 2.05) is 13.8 Å². The highest BCUT2D eigenvalue weighted by Crippen LogP contribution is 2.33. The van der Waals surface area contributed by atoms with Gasteiger partial charge in [-0.15, -0.1) is 0 Å². The van der Waals surface area contributed by atoms with E-state index in [-0.39, 0.29) is 16.6 Å². The highest BCUT2D eigenvalue weighted by Gasteiger charge is 2.21. The second-order valence-corrected chi connectivity index (χ2v) is 4.59. The maximum absolute atomic E-state index is 10.7. The van der Waals surface area contributed by atoms with Gasteiger partial charge in [0.1, 0.15) is 5.02 Å². The molecule has 94 valence electrons. The lowest BCUT2D eigenvalue weighted by molar-refractivity contribution is -0.384. The fourth-order valence-electron chi connectivity index (χ4n) is 1.87. The molecule has 0 radical (unpaired) electrons. The highest BCUT2D eigenvalue weighted by atomic mass is 35.5. The number of nitrogens with zero attached hydrogens (tertiary/aromatic N) is 1. The van der Waals surface area contributed by atoms with E-state index in [4.69, 9.17) is 11.6 Å². The zero-order chi connectivity index (χ0) is 13.2. The van der Waals surface area contributed by atoms with E-state index in [9.17, 15) is 15.2 Å². The average Bonchev–Trinajstić information content (AvgIpc) is 2.29. The van der Waals surface area contributed by atoms with Crippen molar-refractivity contribution in [2.75, 3.05) is 0 Å². The minimum Gasteiger partial charge on any atom is -0.393 e. The van der Waals surface area contributed by atoms with Crippen molar-refractivity contribution in [2.45, 2.75) is 39.2 Å². The molecule has 5 heteroatoms. The first kappa shape index (κ1) is 13.9. The number of hydrogen-bond acceptors (Lipinski definition) is 3. The molecule has 17 heavy (non-hydrogen) atoms. The zero-order valence-electron chi connectivity index (χ0n) is 10.1. The number of aryl methyl sites for hydroxylation is 1. The summed E-state index contributed by atoms with van der Waals surface area (Å²) in [6.45, 7) is 5.57. The Morgan fingerprint density at radius 1 is 1.53 bits per heavy atom. The van der Waals surface area contributed by atoms with Crippen LogP contribution in [0.1, 0.15) is 37.3 Å². The number of benzene rings is 1. The van der Waals surface area contributed by atoms with E-state index in [1.54, 1.807) is 13.0 Å². The van der Waals surface area contributed by atoms with Gasteiger partial charge in [-0.2, -0.15) is 0 Å². The zero-order valence-corrected chi connectivity index (χ0v) is 10.9. The van der Waals surface area contributed by atoms with E-state index in [1.165, 1.54) is 6.07 Å². The second-order valence-electron chi connectivity index (χ2n) is 4.18. The highest BCUT2D eigenvalue weighted by molar-refractivity contribution is 6.32. The molecule has 0 amide bonds. The Balaban J connectivity index is 3.20. The summed E-state index contributed by atoms with van der Waals surface area (Å²) in [5.74, 6) is -0.0849. The first-order chi connectivity index (χ1) is 7.88. The Kier molecular flexibility index (Phi) is 4.48. The van der Waals surface area contributed by atoms with Crippen LogP contribution in [0.2, 0.25) is 5.02 Å². The molecule has 0 aliphatic carbocycles. The third-order valence-corrected chi connectivity index (χ3v) is 3.32. The van der Waals surface area contributed by atoms with Gasteiger partial charge in [-0.05, 0) is 30.5 Å². The quantitative estimate of drug-likeness (QED) is 0.664. The van der Waals surface area contributed by atoms with Gasteiger partial charge in [-0.3, -0.25) is 10.1 Å². The molecule has 1 aromatic carbocycles. The molecule has 0 spiro atoms. The first-order valence-corrected chi connectivity index (χ1v) is 5.88. The average molecular weight is 258 g/mol. The number of nitro groups is 1. The molecule has 1 aromatic rings. The van der Waals surface area contributed by atoms with Crippen molar-refractivity contribution in [3.05, 3.63) is 38.4 Å². The number of aliphatic hydroxyl groups excluding tert-OH is 1. The molecule has 0 aliphatic heterocycles. The summed E-state index contributed by atoms with van der Waals surface area (Å²) in [6.07, 6.45) is 0.168. The van der Waals surface area contributed by atoms with Crippen molar-refractivity contribution in [2.24, 2.45) is 0 Å². The van der Waals surface area contributed by atoms with Gasteiger partial charge in [-0.1, -0.05) is 25.4 Å². The molecule has 0 aliphatic rings. The fourth-order valence-corrected chi connectivity index (χ4v) is 2.11. The minimum absolute atomic E-state index is 0.0849. The van der Waals surface area contributed by atoms with Gasteiger partial charge in [0.15, 0.2) is 0 Å². The van der Waals surface area contributed by atoms with Crippen LogP contribution in [0.5, 0.6) is 0 Å². The van der Waals surface area contributed by atoms with Crippen LogP contribution in [0.25, 0.3) is 0 Å². The van der Waals surface area contributed by atoms with Crippen LogP contribution < -0.4 is 0 Å². The molecule has 1 rings (SSSR count). The fraction of sp³-hybridized carbons (Fsp3) is 0.500. The van der Waals surface area contributed by atoms with E-state index in [0.717, 1.165) is 11.1 Å². The Morgan fingerprint density at radius 2 is 2.12 bits per heavy atom. The molecule has 0 heterocycles. The lowest BCUT2D eigenvalue weighted by atomic mass is 9.90. The van der Waals surface area contributed by atoms with Gasteiger partial charge in [0.05, 0.1) is 11.0 Å². The molecular weight excluding hydrogens is 242 g/mol. The van der Waals surface area contributed by atoms with Crippen molar-refractivity contribution >= 4 is 17.3 Å². The summed E-state index contributed by atoms with van der Waals surface area (Å²) in [5, 5.41) is 20.6. The van der Waals surface area contributed by atoms with Crippen LogP contribution in [0, 0.1) is 17.0 Å². The molecular formula is C12H16ClNO3. The summed E-state index contributed by atoms with van der Waals surface area (Å²) >= 11 is 5.87. The van der Waals surface area contributed by atoms with Gasteiger partial charge in [0.25, 0.3) is 5.69 Å². The van der Waals surface area contributed by atoms with Gasteiger partial charge < -0.3 is 5.11 Å². The lowest BCUT2D eigenvalue weighted by Crippen LogP contribution is -2.15. The van der Waals surface area contributed by atoms with E-state index in [2.05, 4.69) is 0 Å². The van der Waals surface area contributed by atoms with Crippen molar-refractivity contribution in [1.82, 2.24) is 0 Å². The smallest absolute Gasteiger partial charge is 0.288 e. The number of nitro benzene ring substituents is 1. The standard InChI is InChI=1S/C12H16ClNO3/c1-4-12(15)8(3)9-6-10(13)11(14(16)17)5-7(9)2/h5-6,8,12,15H,4H2,1-3H3. The monoisotopic (exact) mass is 257 g/mol. The van der Waals surface area contributed by atoms with Gasteiger partial charge >= 0.3 is 0 Å². The first-order valence-electron chi connectivity index (χ1n) is 5.51. The van der Waals surface area contributed by atoms with Crippen LogP contribution in [-0.4, -0.2) is 16.1 Å². The van der Waals surface area contributed by atoms with E-state index in [0.29, 0.717) is 6.42 Å². The van der Waals surface area contributed by atoms with Crippen molar-refractivity contribution < 1.29 is 10.0 Å². The molecule has 0 saturated heterocycles. The molecule has 2 unspecified atom stereocenters. The minimum atomic E-state index is -0.500. The topological polar surface area (TPSA) is 63.4 Å². The second kappa shape index (κ2) is 5.47. The SMILES string of the molecule is CCC(O)C(C)c1cc(Cl)c([N+](=O)[O-])cc1C. The van der Waals surface area contributed by atoms with Crippen LogP contribution in [-0.2, 0) is 0 Å². The van der Waals surface area contributed by atoms with E-state index >= 15 is 0 Å². The van der Waals surface area contributed by atoms with Gasteiger partial charge in [0.2, 0.25) is 0 Å². The summed E-state index contributed by atoms with van der Waals surface area (Å²) in [5.41, 5.74) is 1.54. The molecule has 0 bridgehead atoms. The summed E-state index contributed by atoms with van der Waals surface area (Å²) in [6, 6.07) is 3.04. The molecule has 0 fully saturated rings. The summed E-state index contributed by atoms with van der Waals surface area (Å²) in [7, 11) is 0. The number of hydrogen-bond donors (Lipinski definition) is 1. The third kappa shape index (κ3) is 2.96. The summed E-state index contributed by atoms with van der Waals surface area (Å²) < 4.78 is 0. The Bertz CT molecular complexity index is 434. The third-order valence-electron chi connectivity index (χ3n) is 3.02. The maximum atomic E-state index is 10.7. The molecule has 2 atom stereocenters. The number of aliphatic hydroxyl groups is 1. The Hall–Kier alpha value is -1.13. The molecule has 0 aromatic heterocycles. The van der Waals surface area contributed by atoms with Crippen LogP contribution in [0.15, 0.2) is 12.1 Å². The molecule has 1 N–H and O–H groups in total. The largest absolute Gasteiger partial charge is 0.393 e. The Labute approximate surface area is 105 Å². The predicted octanol–water partition coefficient (Wildman–Crippen LogP) is 3.43. The predicted molar refractivity (Wildman–Crippen MR) is 67.6 cm³/mol. The lowest BCUT2D eigenvalue weighted by Gasteiger charge is -2.19. The van der Waals surface area contributed by atoms with Crippen LogP contribution >= 0.6 is 11.6 Å². The summed E-state index contributed by atoms with van der Waals surface area (Å²) in [4.78, 5) is 10.2. The van der Waals surface area contributed by atoms with Crippen LogP contribution in [0.4, 0.5) is 5.69 Å². The van der Waals surface area contributed by atoms with Crippen molar-refractivity contribution in [3.63, 3.8) is 0 Å². The normalized spacial score (nSPS) is 14.4. The van der Waals surface area contributed by atoms with Crippen LogP contribution in [0.3, 0.4) is 0 Å². The number of rotatable bonds is 4. The van der Waals surface area contributed by atoms with Gasteiger partial charge in [0, 0.05) is 12.0 Å². The number of halogens is 1. The van der Waals surface area contributed by atoms with Crippen molar-refractivity contribution in [3.8, 4) is 0 Å². The Morgan fingerprint density at radius 3 is 2.59 bits per heavy atom. The van der Waals surface area contributed by atoms with Crippen molar-refractivity contribution in [1.29, 1.82) is 0 Å². The molecule has 0 saturated carbocycles. The van der Waals surface area contributed by atoms with E-state index < -0.39 is 11.0 Å². The molecule has 4 nitrogen and oxygen atoms in total.